The van der Waals surface area contributed by atoms with Gasteiger partial charge in [0.15, 0.2) is 0 Å². The third kappa shape index (κ3) is 3.35. The molecule has 0 aromatic carbocycles. The summed E-state index contributed by atoms with van der Waals surface area (Å²) in [6, 6.07) is 2.00. The fourth-order valence-electron chi connectivity index (χ4n) is 1.81. The minimum Gasteiger partial charge on any atom is -0.383 e. The molecule has 1 aromatic rings. The third-order valence-electron chi connectivity index (χ3n) is 2.87. The number of anilines is 1. The first kappa shape index (κ1) is 12.2. The van der Waals surface area contributed by atoms with Crippen molar-refractivity contribution in [2.75, 3.05) is 23.4 Å². The van der Waals surface area contributed by atoms with Crippen LogP contribution >= 0.6 is 27.7 Å². The molecule has 1 aromatic heterocycles. The summed E-state index contributed by atoms with van der Waals surface area (Å²) >= 11 is 5.41. The molecule has 1 aliphatic rings. The van der Waals surface area contributed by atoms with Crippen molar-refractivity contribution in [2.45, 2.75) is 19.8 Å². The van der Waals surface area contributed by atoms with Gasteiger partial charge in [-0.1, -0.05) is 0 Å². The molecule has 0 radical (unpaired) electrons. The lowest BCUT2D eigenvalue weighted by Gasteiger charge is -2.22. The molecule has 0 amide bonds. The maximum atomic E-state index is 4.08. The van der Waals surface area contributed by atoms with E-state index in [-0.39, 0.29) is 0 Å². The van der Waals surface area contributed by atoms with Crippen molar-refractivity contribution in [1.82, 2.24) is 10.2 Å². The van der Waals surface area contributed by atoms with Crippen LogP contribution < -0.4 is 5.32 Å². The van der Waals surface area contributed by atoms with E-state index in [1.807, 2.05) is 13.0 Å². The molecular formula is C11H16BrN3S. The van der Waals surface area contributed by atoms with Crippen molar-refractivity contribution in [1.29, 1.82) is 0 Å². The molecule has 0 spiro atoms. The highest BCUT2D eigenvalue weighted by Gasteiger charge is 2.13. The van der Waals surface area contributed by atoms with Crippen LogP contribution in [0.25, 0.3) is 0 Å². The highest BCUT2D eigenvalue weighted by Crippen LogP contribution is 2.24. The normalized spacial score (nSPS) is 17.4. The van der Waals surface area contributed by atoms with E-state index in [0.717, 1.165) is 28.4 Å². The summed E-state index contributed by atoms with van der Waals surface area (Å²) in [6.07, 6.45) is 2.66. The van der Waals surface area contributed by atoms with E-state index in [2.05, 4.69) is 43.2 Å². The number of aromatic nitrogens is 2. The zero-order valence-electron chi connectivity index (χ0n) is 9.37. The van der Waals surface area contributed by atoms with Crippen LogP contribution in [0, 0.1) is 12.8 Å². The number of thioether (sulfide) groups is 1. The van der Waals surface area contributed by atoms with Crippen LogP contribution in [0.3, 0.4) is 0 Å². The Morgan fingerprint density at radius 2 is 2.19 bits per heavy atom. The average Bonchev–Trinajstić information content (AvgIpc) is 2.32. The molecule has 3 nitrogen and oxygen atoms in total. The molecule has 1 N–H and O–H groups in total. The molecule has 0 bridgehead atoms. The Hall–Kier alpha value is -0.290. The predicted octanol–water partition coefficient (Wildman–Crippen LogP) is 3.10. The van der Waals surface area contributed by atoms with E-state index in [4.69, 9.17) is 0 Å². The zero-order valence-corrected chi connectivity index (χ0v) is 11.8. The SMILES string of the molecule is Cc1nnc(Br)cc1NCC1CCSCC1. The van der Waals surface area contributed by atoms with Crippen molar-refractivity contribution >= 4 is 33.4 Å². The molecule has 88 valence electrons. The summed E-state index contributed by atoms with van der Waals surface area (Å²) < 4.78 is 0.791. The Morgan fingerprint density at radius 1 is 1.44 bits per heavy atom. The maximum absolute atomic E-state index is 4.08. The smallest absolute Gasteiger partial charge is 0.130 e. The van der Waals surface area contributed by atoms with Crippen molar-refractivity contribution in [3.05, 3.63) is 16.4 Å². The summed E-state index contributed by atoms with van der Waals surface area (Å²) in [7, 11) is 0. The molecule has 2 rings (SSSR count). The first-order valence-corrected chi connectivity index (χ1v) is 7.52. The summed E-state index contributed by atoms with van der Waals surface area (Å²) in [6.45, 7) is 3.04. The van der Waals surface area contributed by atoms with Crippen molar-refractivity contribution < 1.29 is 0 Å². The molecule has 1 aliphatic heterocycles. The molecule has 0 aliphatic carbocycles. The van der Waals surface area contributed by atoms with E-state index in [0.29, 0.717) is 0 Å². The van der Waals surface area contributed by atoms with E-state index >= 15 is 0 Å². The van der Waals surface area contributed by atoms with Gasteiger partial charge in [-0.2, -0.15) is 16.9 Å². The van der Waals surface area contributed by atoms with Gasteiger partial charge in [0.05, 0.1) is 11.4 Å². The van der Waals surface area contributed by atoms with Gasteiger partial charge in [0.25, 0.3) is 0 Å². The minimum atomic E-state index is 0.791. The number of hydrogen-bond donors (Lipinski definition) is 1. The van der Waals surface area contributed by atoms with Crippen LogP contribution in [0.1, 0.15) is 18.5 Å². The second kappa shape index (κ2) is 5.87. The van der Waals surface area contributed by atoms with Crippen LogP contribution in [0.5, 0.6) is 0 Å². The molecule has 2 heterocycles. The quantitative estimate of drug-likeness (QED) is 0.931. The number of halogens is 1. The lowest BCUT2D eigenvalue weighted by Crippen LogP contribution is -2.19. The number of nitrogens with one attached hydrogen (secondary N) is 1. The maximum Gasteiger partial charge on any atom is 0.130 e. The molecule has 0 atom stereocenters. The van der Waals surface area contributed by atoms with Crippen molar-refractivity contribution in [2.24, 2.45) is 5.92 Å². The van der Waals surface area contributed by atoms with Gasteiger partial charge in [0.2, 0.25) is 0 Å². The van der Waals surface area contributed by atoms with Gasteiger partial charge in [0, 0.05) is 6.54 Å². The van der Waals surface area contributed by atoms with Crippen molar-refractivity contribution in [3.8, 4) is 0 Å². The summed E-state index contributed by atoms with van der Waals surface area (Å²) in [5.74, 6) is 3.43. The molecular weight excluding hydrogens is 286 g/mol. The van der Waals surface area contributed by atoms with Crippen LogP contribution in [0.15, 0.2) is 10.7 Å². The monoisotopic (exact) mass is 301 g/mol. The van der Waals surface area contributed by atoms with Crippen LogP contribution in [0.2, 0.25) is 0 Å². The second-order valence-corrected chi connectivity index (χ2v) is 6.14. The Balaban J connectivity index is 1.90. The number of nitrogens with zero attached hydrogens (tertiary/aromatic N) is 2. The first-order valence-electron chi connectivity index (χ1n) is 5.57. The van der Waals surface area contributed by atoms with Gasteiger partial charge < -0.3 is 5.32 Å². The molecule has 1 fully saturated rings. The molecule has 1 saturated heterocycles. The van der Waals surface area contributed by atoms with Gasteiger partial charge in [-0.25, -0.2) is 0 Å². The Labute approximate surface area is 109 Å². The van der Waals surface area contributed by atoms with Gasteiger partial charge >= 0.3 is 0 Å². The average molecular weight is 302 g/mol. The molecule has 0 unspecified atom stereocenters. The molecule has 16 heavy (non-hydrogen) atoms. The summed E-state index contributed by atoms with van der Waals surface area (Å²) in [5, 5.41) is 11.5. The first-order chi connectivity index (χ1) is 7.75. The predicted molar refractivity (Wildman–Crippen MR) is 73.0 cm³/mol. The standard InChI is InChI=1S/C11H16BrN3S/c1-8-10(6-11(12)15-14-8)13-7-9-2-4-16-5-3-9/h6,9H,2-5,7H2,1H3,(H,13,15). The topological polar surface area (TPSA) is 37.8 Å². The number of hydrogen-bond acceptors (Lipinski definition) is 4. The second-order valence-electron chi connectivity index (χ2n) is 4.10. The lowest BCUT2D eigenvalue weighted by atomic mass is 10.0. The lowest BCUT2D eigenvalue weighted by molar-refractivity contribution is 0.516. The fraction of sp³-hybridized carbons (Fsp3) is 0.636. The fourth-order valence-corrected chi connectivity index (χ4v) is 3.33. The van der Waals surface area contributed by atoms with E-state index in [9.17, 15) is 0 Å². The summed E-state index contributed by atoms with van der Waals surface area (Å²) in [5.41, 5.74) is 2.06. The molecule has 0 saturated carbocycles. The van der Waals surface area contributed by atoms with Gasteiger partial charge in [0.1, 0.15) is 4.60 Å². The Bertz CT molecular complexity index is 353. The van der Waals surface area contributed by atoms with Crippen molar-refractivity contribution in [3.63, 3.8) is 0 Å². The third-order valence-corrected chi connectivity index (χ3v) is 4.31. The van der Waals surface area contributed by atoms with Gasteiger partial charge in [-0.05, 0) is 59.2 Å². The number of rotatable bonds is 3. The zero-order chi connectivity index (χ0) is 11.4. The number of aryl methyl sites for hydroxylation is 1. The highest BCUT2D eigenvalue weighted by molar-refractivity contribution is 9.10. The van der Waals surface area contributed by atoms with Crippen LogP contribution in [-0.4, -0.2) is 28.2 Å². The van der Waals surface area contributed by atoms with Gasteiger partial charge in [-0.3, -0.25) is 0 Å². The van der Waals surface area contributed by atoms with E-state index in [1.54, 1.807) is 0 Å². The molecule has 5 heteroatoms. The van der Waals surface area contributed by atoms with Gasteiger partial charge in [-0.15, -0.1) is 5.10 Å². The summed E-state index contributed by atoms with van der Waals surface area (Å²) in [4.78, 5) is 0. The minimum absolute atomic E-state index is 0.791. The van der Waals surface area contributed by atoms with E-state index in [1.165, 1.54) is 24.3 Å². The Kier molecular flexibility index (Phi) is 4.46. The largest absolute Gasteiger partial charge is 0.383 e. The Morgan fingerprint density at radius 3 is 2.94 bits per heavy atom. The van der Waals surface area contributed by atoms with E-state index < -0.39 is 0 Å². The highest BCUT2D eigenvalue weighted by atomic mass is 79.9. The van der Waals surface area contributed by atoms with Crippen LogP contribution in [0.4, 0.5) is 5.69 Å². The van der Waals surface area contributed by atoms with Crippen LogP contribution in [-0.2, 0) is 0 Å².